The van der Waals surface area contributed by atoms with Crippen molar-refractivity contribution in [1.29, 1.82) is 0 Å². The van der Waals surface area contributed by atoms with Crippen molar-refractivity contribution < 1.29 is 0 Å². The minimum absolute atomic E-state index is 0.0427. The molecule has 3 nitrogen and oxygen atoms in total. The fourth-order valence-electron chi connectivity index (χ4n) is 2.37. The van der Waals surface area contributed by atoms with Gasteiger partial charge in [-0.15, -0.1) is 0 Å². The third-order valence-corrected chi connectivity index (χ3v) is 3.16. The van der Waals surface area contributed by atoms with E-state index in [1.807, 2.05) is 6.07 Å². The summed E-state index contributed by atoms with van der Waals surface area (Å²) < 4.78 is 2.29. The van der Waals surface area contributed by atoms with Gasteiger partial charge in [0.2, 0.25) is 0 Å². The zero-order chi connectivity index (χ0) is 13.1. The van der Waals surface area contributed by atoms with Gasteiger partial charge in [0, 0.05) is 6.54 Å². The molecular weight excluding hydrogens is 222 g/mol. The molecule has 0 saturated heterocycles. The van der Waals surface area contributed by atoms with Crippen LogP contribution < -0.4 is 5.73 Å². The second kappa shape index (κ2) is 5.53. The summed E-state index contributed by atoms with van der Waals surface area (Å²) >= 11 is 0. The van der Waals surface area contributed by atoms with Gasteiger partial charge in [-0.25, -0.2) is 4.98 Å². The van der Waals surface area contributed by atoms with Crippen molar-refractivity contribution in [2.24, 2.45) is 11.7 Å². The molecule has 3 heteroatoms. The molecule has 2 rings (SSSR count). The van der Waals surface area contributed by atoms with E-state index in [-0.39, 0.29) is 6.04 Å². The van der Waals surface area contributed by atoms with Crippen LogP contribution in [-0.2, 0) is 6.54 Å². The lowest BCUT2D eigenvalue weighted by Gasteiger charge is -2.15. The van der Waals surface area contributed by atoms with Crippen LogP contribution in [0.2, 0.25) is 0 Å². The molecule has 98 valence electrons. The molecule has 1 heterocycles. The van der Waals surface area contributed by atoms with Crippen LogP contribution in [0.1, 0.15) is 45.5 Å². The number of fused-ring (bicyclic) bond motifs is 1. The van der Waals surface area contributed by atoms with Gasteiger partial charge in [-0.2, -0.15) is 0 Å². The Hall–Kier alpha value is -1.35. The van der Waals surface area contributed by atoms with Gasteiger partial charge in [-0.3, -0.25) is 0 Å². The van der Waals surface area contributed by atoms with E-state index in [1.165, 1.54) is 5.52 Å². The lowest BCUT2D eigenvalue weighted by atomic mass is 10.1. The van der Waals surface area contributed by atoms with Crippen LogP contribution in [0, 0.1) is 5.92 Å². The first-order valence-corrected chi connectivity index (χ1v) is 6.84. The maximum Gasteiger partial charge on any atom is 0.126 e. The molecule has 1 aromatic carbocycles. The number of aromatic nitrogens is 2. The monoisotopic (exact) mass is 245 g/mol. The molecule has 1 aromatic heterocycles. The molecule has 0 aliphatic heterocycles. The largest absolute Gasteiger partial charge is 0.326 e. The number of hydrogen-bond donors (Lipinski definition) is 1. The molecular formula is C15H23N3. The van der Waals surface area contributed by atoms with Crippen LogP contribution in [0.4, 0.5) is 0 Å². The Morgan fingerprint density at radius 3 is 2.67 bits per heavy atom. The minimum atomic E-state index is 0.0427. The normalized spacial score (nSPS) is 13.4. The lowest BCUT2D eigenvalue weighted by molar-refractivity contribution is 0.487. The van der Waals surface area contributed by atoms with E-state index in [9.17, 15) is 0 Å². The van der Waals surface area contributed by atoms with E-state index < -0.39 is 0 Å². The summed E-state index contributed by atoms with van der Waals surface area (Å²) in [4.78, 5) is 4.72. The van der Waals surface area contributed by atoms with Crippen molar-refractivity contribution in [3.63, 3.8) is 0 Å². The quantitative estimate of drug-likeness (QED) is 0.876. The fourth-order valence-corrected chi connectivity index (χ4v) is 2.37. The summed E-state index contributed by atoms with van der Waals surface area (Å²) in [6.07, 6.45) is 2.08. The van der Waals surface area contributed by atoms with E-state index in [1.54, 1.807) is 0 Å². The number of hydrogen-bond acceptors (Lipinski definition) is 2. The third kappa shape index (κ3) is 2.56. The Bertz CT molecular complexity index is 513. The minimum Gasteiger partial charge on any atom is -0.326 e. The summed E-state index contributed by atoms with van der Waals surface area (Å²) in [7, 11) is 0. The maximum absolute atomic E-state index is 6.26. The molecule has 2 aromatic rings. The van der Waals surface area contributed by atoms with Crippen molar-refractivity contribution in [2.75, 3.05) is 0 Å². The summed E-state index contributed by atoms with van der Waals surface area (Å²) in [5.74, 6) is 1.63. The van der Waals surface area contributed by atoms with Gasteiger partial charge in [0.05, 0.1) is 17.1 Å². The zero-order valence-electron chi connectivity index (χ0n) is 11.6. The van der Waals surface area contributed by atoms with Crippen LogP contribution >= 0.6 is 0 Å². The number of nitrogens with zero attached hydrogens (tertiary/aromatic N) is 2. The maximum atomic E-state index is 6.26. The fraction of sp³-hybridized carbons (Fsp3) is 0.533. The number of rotatable bonds is 5. The smallest absolute Gasteiger partial charge is 0.126 e. The highest BCUT2D eigenvalue weighted by Crippen LogP contribution is 2.23. The molecule has 0 bridgehead atoms. The Morgan fingerprint density at radius 1 is 1.28 bits per heavy atom. The van der Waals surface area contributed by atoms with Gasteiger partial charge in [0.1, 0.15) is 5.82 Å². The zero-order valence-corrected chi connectivity index (χ0v) is 11.6. The number of para-hydroxylation sites is 2. The average Bonchev–Trinajstić information content (AvgIpc) is 2.68. The summed E-state index contributed by atoms with van der Waals surface area (Å²) in [6, 6.07) is 8.34. The molecule has 0 fully saturated rings. The van der Waals surface area contributed by atoms with Crippen LogP contribution in [0.25, 0.3) is 11.0 Å². The molecule has 0 spiro atoms. The van der Waals surface area contributed by atoms with Gasteiger partial charge in [0.25, 0.3) is 0 Å². The summed E-state index contributed by atoms with van der Waals surface area (Å²) in [6.45, 7) is 7.59. The van der Waals surface area contributed by atoms with E-state index in [0.29, 0.717) is 5.92 Å². The second-order valence-corrected chi connectivity index (χ2v) is 5.36. The van der Waals surface area contributed by atoms with Crippen molar-refractivity contribution in [3.8, 4) is 0 Å². The van der Waals surface area contributed by atoms with Crippen LogP contribution in [-0.4, -0.2) is 9.55 Å². The lowest BCUT2D eigenvalue weighted by Crippen LogP contribution is -2.18. The first kappa shape index (κ1) is 13.1. The SMILES string of the molecule is CCCC(N)c1nc2ccccc2n1CC(C)C. The number of imidazole rings is 1. The molecule has 1 unspecified atom stereocenters. The third-order valence-electron chi connectivity index (χ3n) is 3.16. The van der Waals surface area contributed by atoms with Crippen molar-refractivity contribution in [3.05, 3.63) is 30.1 Å². The molecule has 0 amide bonds. The molecule has 0 aliphatic carbocycles. The number of benzene rings is 1. The molecule has 0 radical (unpaired) electrons. The van der Waals surface area contributed by atoms with Gasteiger partial charge in [0.15, 0.2) is 0 Å². The van der Waals surface area contributed by atoms with Crippen molar-refractivity contribution in [1.82, 2.24) is 9.55 Å². The van der Waals surface area contributed by atoms with Crippen LogP contribution in [0.5, 0.6) is 0 Å². The number of nitrogens with two attached hydrogens (primary N) is 1. The highest BCUT2D eigenvalue weighted by Gasteiger charge is 2.16. The van der Waals surface area contributed by atoms with Gasteiger partial charge in [-0.1, -0.05) is 39.3 Å². The Balaban J connectivity index is 2.49. The first-order valence-electron chi connectivity index (χ1n) is 6.84. The second-order valence-electron chi connectivity index (χ2n) is 5.36. The van der Waals surface area contributed by atoms with Crippen LogP contribution in [0.3, 0.4) is 0 Å². The van der Waals surface area contributed by atoms with Gasteiger partial charge in [-0.05, 0) is 24.5 Å². The highest BCUT2D eigenvalue weighted by molar-refractivity contribution is 5.76. The first-order chi connectivity index (χ1) is 8.63. The Morgan fingerprint density at radius 2 is 2.00 bits per heavy atom. The summed E-state index contributed by atoms with van der Waals surface area (Å²) in [5.41, 5.74) is 8.52. The van der Waals surface area contributed by atoms with Crippen molar-refractivity contribution >= 4 is 11.0 Å². The predicted molar refractivity (Wildman–Crippen MR) is 76.4 cm³/mol. The molecule has 2 N–H and O–H groups in total. The van der Waals surface area contributed by atoms with E-state index >= 15 is 0 Å². The Labute approximate surface area is 109 Å². The van der Waals surface area contributed by atoms with Gasteiger partial charge >= 0.3 is 0 Å². The van der Waals surface area contributed by atoms with Gasteiger partial charge < -0.3 is 10.3 Å². The van der Waals surface area contributed by atoms with E-state index in [2.05, 4.69) is 43.5 Å². The van der Waals surface area contributed by atoms with E-state index in [0.717, 1.165) is 30.7 Å². The summed E-state index contributed by atoms with van der Waals surface area (Å²) in [5, 5.41) is 0. The topological polar surface area (TPSA) is 43.8 Å². The standard InChI is InChI=1S/C15H23N3/c1-4-7-12(16)15-17-13-8-5-6-9-14(13)18(15)10-11(2)3/h5-6,8-9,11-12H,4,7,10,16H2,1-3H3. The predicted octanol–water partition coefficient (Wildman–Crippen LogP) is 3.49. The van der Waals surface area contributed by atoms with E-state index in [4.69, 9.17) is 10.7 Å². The molecule has 0 aliphatic rings. The molecule has 18 heavy (non-hydrogen) atoms. The molecule has 1 atom stereocenters. The van der Waals surface area contributed by atoms with Crippen molar-refractivity contribution in [2.45, 2.75) is 46.2 Å². The molecule has 0 saturated carbocycles. The van der Waals surface area contributed by atoms with Crippen LogP contribution in [0.15, 0.2) is 24.3 Å². The average molecular weight is 245 g/mol. The Kier molecular flexibility index (Phi) is 4.02. The highest BCUT2D eigenvalue weighted by atomic mass is 15.1.